The van der Waals surface area contributed by atoms with Gasteiger partial charge in [-0.3, -0.25) is 9.59 Å². The molecule has 13 heteroatoms. The summed E-state index contributed by atoms with van der Waals surface area (Å²) in [6.45, 7) is 18.0. The molecule has 1 aliphatic heterocycles. The summed E-state index contributed by atoms with van der Waals surface area (Å²) in [4.78, 5) is 46.5. The third kappa shape index (κ3) is 28.0. The second-order valence-electron chi connectivity index (χ2n) is 25.0. The zero-order valence-corrected chi connectivity index (χ0v) is 58.1. The predicted octanol–water partition coefficient (Wildman–Crippen LogP) is 19.7. The van der Waals surface area contributed by atoms with E-state index in [-0.39, 0.29) is 52.0 Å². The summed E-state index contributed by atoms with van der Waals surface area (Å²) >= 11 is 0. The Hall–Kier alpha value is -6.07. The molecule has 0 atom stereocenters. The molecule has 4 aromatic carbocycles. The van der Waals surface area contributed by atoms with Crippen molar-refractivity contribution in [2.24, 2.45) is 0 Å². The molecular weight excluding hydrogens is 1180 g/mol. The van der Waals surface area contributed by atoms with Gasteiger partial charge < -0.3 is 45.8 Å². The number of nitrogens with zero attached hydrogens (tertiary/aromatic N) is 2. The number of unbranched alkanes of at least 4 members (excludes halogenated alkanes) is 22. The average molecular weight is 1300 g/mol. The molecule has 0 aliphatic carbocycles. The first-order valence-corrected chi connectivity index (χ1v) is 35.3. The van der Waals surface area contributed by atoms with Crippen LogP contribution in [0.1, 0.15) is 349 Å². The van der Waals surface area contributed by atoms with Crippen LogP contribution in [0.5, 0.6) is 23.0 Å². The molecule has 4 aromatic rings. The van der Waals surface area contributed by atoms with E-state index in [0.717, 1.165) is 139 Å². The number of hydrogen-bond donors (Lipinski definition) is 4. The van der Waals surface area contributed by atoms with Crippen molar-refractivity contribution >= 4 is 34.9 Å². The Kier molecular flexibility index (Phi) is 41.8. The summed E-state index contributed by atoms with van der Waals surface area (Å²) in [5.74, 6) is -6.82. The van der Waals surface area contributed by atoms with Crippen molar-refractivity contribution in [2.75, 3.05) is 0 Å². The largest absolute Gasteiger partial charge is 2.00 e. The minimum atomic E-state index is -1.67. The number of carbonyl (C=O) groups excluding carboxylic acids is 4. The molecule has 506 valence electrons. The van der Waals surface area contributed by atoms with E-state index in [1.54, 1.807) is 4.70 Å². The zero-order chi connectivity index (χ0) is 66.2. The van der Waals surface area contributed by atoms with E-state index in [2.05, 4.69) is 91.8 Å². The fourth-order valence-corrected chi connectivity index (χ4v) is 12.3. The van der Waals surface area contributed by atoms with Crippen LogP contribution in [0.15, 0.2) is 71.8 Å². The van der Waals surface area contributed by atoms with Crippen molar-refractivity contribution in [2.45, 2.75) is 299 Å². The first-order chi connectivity index (χ1) is 43.5. The molecule has 0 spiro atoms. The monoisotopic (exact) mass is 1300 g/mol. The van der Waals surface area contributed by atoms with Crippen LogP contribution < -0.4 is 10.2 Å². The second-order valence-corrected chi connectivity index (χ2v) is 25.0. The van der Waals surface area contributed by atoms with Gasteiger partial charge in [0.15, 0.2) is 34.6 Å². The Morgan fingerprint density at radius 3 is 0.923 bits per heavy atom. The number of aryl methyl sites for hydroxylation is 4. The summed E-state index contributed by atoms with van der Waals surface area (Å²) < 4.78 is 1.62. The molecule has 0 radical (unpaired) electrons. The Balaban J connectivity index is 0.000000495. The van der Waals surface area contributed by atoms with Crippen LogP contribution in [-0.2, 0) is 42.2 Å². The Bertz CT molecular complexity index is 2770. The van der Waals surface area contributed by atoms with Crippen LogP contribution >= 0.6 is 0 Å². The van der Waals surface area contributed by atoms with Crippen molar-refractivity contribution in [3.63, 3.8) is 0 Å². The standard InChI is InChI=1S/C40H60N2.2C19H28O5.Ni/c1-7-13-15-16-17-18-24-38-37(23-14-8-2)39(35-27-31(19-9-3)25-32(28-35)20-10-4)42(41)40(38)36-29-33(21-11-5)26-34(30-36)22-12-6;2*1-2-3-4-5-6-7-8-9-10-11-15(20)14-12-13-16(21)18(22)17(14)19(23)24;/h25-30H,7-24H2,1-6H3;2*12-13,21-22H,2-11H2,1H3,(H,23,24);/q;;;+2/p-2. The van der Waals surface area contributed by atoms with Gasteiger partial charge in [-0.05, 0) is 135 Å². The summed E-state index contributed by atoms with van der Waals surface area (Å²) in [6.07, 6.45) is 41.6. The molecule has 0 saturated carbocycles. The van der Waals surface area contributed by atoms with E-state index in [0.29, 0.717) is 12.8 Å². The topological polar surface area (TPSA) is 221 Å². The minimum absolute atomic E-state index is 0. The summed E-state index contributed by atoms with van der Waals surface area (Å²) in [6, 6.07) is 19.0. The quantitative estimate of drug-likeness (QED) is 0.0108. The second kappa shape index (κ2) is 46.9. The van der Waals surface area contributed by atoms with Gasteiger partial charge in [0.1, 0.15) is 0 Å². The fraction of sp³-hybridized carbons (Fsp3) is 0.590. The molecule has 0 saturated heterocycles. The van der Waals surface area contributed by atoms with Gasteiger partial charge in [-0.1, -0.05) is 234 Å². The number of aromatic carboxylic acids is 2. The van der Waals surface area contributed by atoms with E-state index in [4.69, 9.17) is 0 Å². The fourth-order valence-electron chi connectivity index (χ4n) is 12.3. The maximum Gasteiger partial charge on any atom is 2.00 e. The molecule has 4 N–H and O–H groups in total. The summed E-state index contributed by atoms with van der Waals surface area (Å²) in [7, 11) is 0. The Morgan fingerprint density at radius 1 is 0.363 bits per heavy atom. The van der Waals surface area contributed by atoms with Crippen LogP contribution in [-0.4, -0.2) is 48.6 Å². The number of allylic oxidation sites excluding steroid dienone is 2. The smallest absolute Gasteiger partial charge is 0.545 e. The van der Waals surface area contributed by atoms with Crippen LogP contribution in [0.3, 0.4) is 0 Å². The van der Waals surface area contributed by atoms with Gasteiger partial charge in [-0.2, -0.15) is 0 Å². The molecule has 0 aromatic heterocycles. The van der Waals surface area contributed by atoms with Gasteiger partial charge in [0.25, 0.3) is 0 Å². The van der Waals surface area contributed by atoms with Gasteiger partial charge in [0.05, 0.1) is 23.1 Å². The number of phenols is 4. The van der Waals surface area contributed by atoms with Gasteiger partial charge in [0.2, 0.25) is 11.4 Å². The number of carboxylic acid groups (broad SMARTS) is 2. The number of carbonyl (C=O) groups is 4. The molecule has 91 heavy (non-hydrogen) atoms. The molecule has 0 bridgehead atoms. The van der Waals surface area contributed by atoms with Crippen molar-refractivity contribution < 1.29 is 71.0 Å². The summed E-state index contributed by atoms with van der Waals surface area (Å²) in [5, 5.41) is 60.1. The zero-order valence-electron chi connectivity index (χ0n) is 57.1. The van der Waals surface area contributed by atoms with Crippen molar-refractivity contribution in [1.82, 2.24) is 0 Å². The van der Waals surface area contributed by atoms with E-state index in [9.17, 15) is 55.3 Å². The SMILES string of the molecule is CCCCCCCCC1=C(c2cc(CCC)cc(CCC)c2)[N+](=[N-])C(c2cc(CCC)cc(CCC)c2)=C1CCCC.CCCCCCCCCCCC(=O)c1ccc(O)c(O)c1C(=O)[O-].CCCCCCCCCCCC(=O)c1ccc(O)c(O)c1C(=O)[O-].[Ni+2]. The van der Waals surface area contributed by atoms with Gasteiger partial charge in [-0.15, -0.1) is 0 Å². The minimum Gasteiger partial charge on any atom is -0.545 e. The number of rotatable bonds is 44. The average Bonchev–Trinajstić information content (AvgIpc) is 1.64. The normalized spacial score (nSPS) is 11.9. The van der Waals surface area contributed by atoms with Crippen LogP contribution in [0.4, 0.5) is 0 Å². The van der Waals surface area contributed by atoms with Crippen LogP contribution in [0.25, 0.3) is 16.9 Å². The maximum absolute atomic E-state index is 12.3. The molecular formula is C78H114N2NiO10. The van der Waals surface area contributed by atoms with Gasteiger partial charge in [-0.25, -0.2) is 4.70 Å². The van der Waals surface area contributed by atoms with E-state index in [1.165, 1.54) is 159 Å². The molecule has 1 heterocycles. The number of carboxylic acids is 2. The first-order valence-electron chi connectivity index (χ1n) is 35.3. The van der Waals surface area contributed by atoms with Gasteiger partial charge in [0, 0.05) is 46.2 Å². The van der Waals surface area contributed by atoms with Crippen molar-refractivity contribution in [1.29, 1.82) is 0 Å². The third-order valence-electron chi connectivity index (χ3n) is 17.1. The Morgan fingerprint density at radius 2 is 0.637 bits per heavy atom. The first kappa shape index (κ1) is 81.0. The molecule has 5 rings (SSSR count). The van der Waals surface area contributed by atoms with Crippen molar-refractivity contribution in [3.8, 4) is 23.0 Å². The number of ketones is 2. The van der Waals surface area contributed by atoms with E-state index >= 15 is 0 Å². The van der Waals surface area contributed by atoms with Crippen LogP contribution in [0.2, 0.25) is 0 Å². The molecule has 12 nitrogen and oxygen atoms in total. The molecule has 1 aliphatic rings. The maximum atomic E-state index is 12.3. The van der Waals surface area contributed by atoms with E-state index in [1.807, 2.05) is 0 Å². The molecule has 0 amide bonds. The number of Topliss-reactive ketones (excluding diaryl/α,β-unsaturated/α-hetero) is 2. The molecule has 0 unspecified atom stereocenters. The van der Waals surface area contributed by atoms with Crippen LogP contribution in [0, 0.1) is 0 Å². The molecule has 0 fully saturated rings. The number of phenolic OH excluding ortho intramolecular Hbond substituents is 2. The number of hydrogen-bond acceptors (Lipinski definition) is 10. The Labute approximate surface area is 558 Å². The third-order valence-corrected chi connectivity index (χ3v) is 17.1. The summed E-state index contributed by atoms with van der Waals surface area (Å²) in [5.41, 5.74) is 23.7. The predicted molar refractivity (Wildman–Crippen MR) is 364 cm³/mol. The van der Waals surface area contributed by atoms with Crippen molar-refractivity contribution in [3.05, 3.63) is 133 Å². The van der Waals surface area contributed by atoms with Gasteiger partial charge >= 0.3 is 16.5 Å². The number of benzene rings is 4. The number of aromatic hydroxyl groups is 4. The van der Waals surface area contributed by atoms with E-state index < -0.39 is 46.1 Å².